The molecule has 19 heavy (non-hydrogen) atoms. The molecule has 0 amide bonds. The lowest BCUT2D eigenvalue weighted by molar-refractivity contribution is -0.142. The molecule has 0 spiro atoms. The number of nitrogens with zero attached hydrogens (tertiary/aromatic N) is 2. The molecule has 0 heterocycles. The number of carbonyl (C=O) groups excluding carboxylic acids is 2. The summed E-state index contributed by atoms with van der Waals surface area (Å²) in [6.45, 7) is 1.14. The van der Waals surface area contributed by atoms with Gasteiger partial charge in [0.15, 0.2) is 0 Å². The third-order valence-electron chi connectivity index (χ3n) is 2.42. The predicted molar refractivity (Wildman–Crippen MR) is 66.5 cm³/mol. The smallest absolute Gasteiger partial charge is 0.457 e. The highest BCUT2D eigenvalue weighted by Crippen LogP contribution is 2.14. The molecule has 0 radical (unpaired) electrons. The Balaban J connectivity index is 4.22. The second-order valence-electron chi connectivity index (χ2n) is 3.54. The van der Waals surface area contributed by atoms with Gasteiger partial charge in [-0.2, -0.15) is 4.79 Å². The molecule has 9 heteroatoms. The molecule has 8 nitrogen and oxygen atoms in total. The van der Waals surface area contributed by atoms with Crippen LogP contribution in [0.3, 0.4) is 0 Å². The maximum Gasteiger partial charge on any atom is 0.500 e. The van der Waals surface area contributed by atoms with Crippen molar-refractivity contribution in [1.29, 1.82) is 0 Å². The SMILES string of the molecule is CO[Si](CCCOC(=O)C(=[N+]=[N-])C(C)=O)(OC)OC. The normalized spacial score (nSPS) is 10.7. The van der Waals surface area contributed by atoms with Gasteiger partial charge in [0.1, 0.15) is 0 Å². The fourth-order valence-electron chi connectivity index (χ4n) is 1.33. The molecule has 0 saturated carbocycles. The third-order valence-corrected chi connectivity index (χ3v) is 5.25. The van der Waals surface area contributed by atoms with Crippen LogP contribution in [0.15, 0.2) is 0 Å². The summed E-state index contributed by atoms with van der Waals surface area (Å²) >= 11 is 0. The Morgan fingerprint density at radius 2 is 1.68 bits per heavy atom. The monoisotopic (exact) mass is 290 g/mol. The molecule has 0 aromatic heterocycles. The van der Waals surface area contributed by atoms with E-state index in [1.807, 2.05) is 0 Å². The summed E-state index contributed by atoms with van der Waals surface area (Å²) in [5.41, 5.74) is 7.85. The van der Waals surface area contributed by atoms with Crippen molar-refractivity contribution in [2.75, 3.05) is 27.9 Å². The van der Waals surface area contributed by atoms with Crippen molar-refractivity contribution in [2.24, 2.45) is 0 Å². The molecule has 0 aliphatic carbocycles. The van der Waals surface area contributed by atoms with Crippen LogP contribution in [0.4, 0.5) is 0 Å². The van der Waals surface area contributed by atoms with Gasteiger partial charge >= 0.3 is 20.5 Å². The summed E-state index contributed by atoms with van der Waals surface area (Å²) in [6, 6.07) is 0.454. The first kappa shape index (κ1) is 17.6. The number of esters is 1. The Bertz CT molecular complexity index is 368. The minimum Gasteiger partial charge on any atom is -0.457 e. The van der Waals surface area contributed by atoms with E-state index in [1.165, 1.54) is 21.3 Å². The molecular formula is C10H18N2O6Si. The van der Waals surface area contributed by atoms with Gasteiger partial charge in [0.05, 0.1) is 6.61 Å². The van der Waals surface area contributed by atoms with E-state index in [0.29, 0.717) is 12.5 Å². The number of hydrogen-bond acceptors (Lipinski definition) is 6. The molecule has 108 valence electrons. The number of rotatable bonds is 9. The van der Waals surface area contributed by atoms with Crippen LogP contribution < -0.4 is 0 Å². The van der Waals surface area contributed by atoms with Gasteiger partial charge in [-0.1, -0.05) is 0 Å². The van der Waals surface area contributed by atoms with Crippen molar-refractivity contribution in [3.05, 3.63) is 5.53 Å². The van der Waals surface area contributed by atoms with E-state index >= 15 is 0 Å². The molecule has 0 aromatic rings. The summed E-state index contributed by atoms with van der Waals surface area (Å²) in [7, 11) is 1.77. The molecule has 0 N–H and O–H groups in total. The zero-order valence-corrected chi connectivity index (χ0v) is 12.5. The van der Waals surface area contributed by atoms with Crippen molar-refractivity contribution in [3.8, 4) is 0 Å². The van der Waals surface area contributed by atoms with Gasteiger partial charge in [-0.25, -0.2) is 4.79 Å². The Hall–Kier alpha value is -1.38. The van der Waals surface area contributed by atoms with Crippen LogP contribution in [-0.4, -0.2) is 59.0 Å². The maximum absolute atomic E-state index is 11.3. The first-order valence-corrected chi connectivity index (χ1v) is 7.45. The number of ether oxygens (including phenoxy) is 1. The number of hydrogen-bond donors (Lipinski definition) is 0. The van der Waals surface area contributed by atoms with Crippen LogP contribution in [-0.2, 0) is 27.6 Å². The van der Waals surface area contributed by atoms with Crippen LogP contribution in [0, 0.1) is 0 Å². The molecule has 0 atom stereocenters. The standard InChI is InChI=1S/C10H18N2O6Si/c1-8(13)9(12-11)10(14)18-6-5-7-19(15-2,16-3)17-4/h5-7H2,1-4H3. The van der Waals surface area contributed by atoms with Crippen molar-refractivity contribution >= 4 is 26.3 Å². The average molecular weight is 290 g/mol. The Kier molecular flexibility index (Phi) is 8.04. The summed E-state index contributed by atoms with van der Waals surface area (Å²) in [5, 5.41) is 0. The summed E-state index contributed by atoms with van der Waals surface area (Å²) in [5.74, 6) is -1.63. The molecule has 0 aliphatic rings. The lowest BCUT2D eigenvalue weighted by Crippen LogP contribution is -2.42. The molecule has 0 rings (SSSR count). The van der Waals surface area contributed by atoms with E-state index in [0.717, 1.165) is 6.92 Å². The van der Waals surface area contributed by atoms with Gasteiger partial charge in [0.25, 0.3) is 0 Å². The number of Topliss-reactive ketones (excluding diaryl/α,β-unsaturated/α-hetero) is 1. The molecule has 0 fully saturated rings. The molecular weight excluding hydrogens is 272 g/mol. The van der Waals surface area contributed by atoms with Crippen molar-refractivity contribution in [3.63, 3.8) is 0 Å². The van der Waals surface area contributed by atoms with Crippen LogP contribution in [0.5, 0.6) is 0 Å². The van der Waals surface area contributed by atoms with E-state index in [2.05, 4.69) is 4.79 Å². The van der Waals surface area contributed by atoms with Gasteiger partial charge in [-0.05, 0) is 6.42 Å². The summed E-state index contributed by atoms with van der Waals surface area (Å²) < 4.78 is 20.3. The van der Waals surface area contributed by atoms with Gasteiger partial charge in [0, 0.05) is 34.3 Å². The van der Waals surface area contributed by atoms with Crippen LogP contribution in [0.2, 0.25) is 6.04 Å². The Labute approximate surface area is 112 Å². The van der Waals surface area contributed by atoms with Crippen LogP contribution in [0.1, 0.15) is 13.3 Å². The zero-order valence-electron chi connectivity index (χ0n) is 11.5. The second-order valence-corrected chi connectivity index (χ2v) is 6.63. The lowest BCUT2D eigenvalue weighted by Gasteiger charge is -2.23. The summed E-state index contributed by atoms with van der Waals surface area (Å²) in [6.07, 6.45) is 0.435. The Morgan fingerprint density at radius 1 is 1.16 bits per heavy atom. The molecule has 0 unspecified atom stereocenters. The largest absolute Gasteiger partial charge is 0.500 e. The highest BCUT2D eigenvalue weighted by Gasteiger charge is 2.37. The van der Waals surface area contributed by atoms with E-state index in [4.69, 9.17) is 23.5 Å². The average Bonchev–Trinajstić information content (AvgIpc) is 2.40. The minimum absolute atomic E-state index is 0.0377. The first-order valence-electron chi connectivity index (χ1n) is 5.52. The fourth-order valence-corrected chi connectivity index (χ4v) is 3.02. The van der Waals surface area contributed by atoms with E-state index in [-0.39, 0.29) is 6.61 Å². The zero-order chi connectivity index (χ0) is 14.9. The van der Waals surface area contributed by atoms with Crippen LogP contribution >= 0.6 is 0 Å². The van der Waals surface area contributed by atoms with Gasteiger partial charge in [-0.3, -0.25) is 4.79 Å². The molecule has 0 bridgehead atoms. The van der Waals surface area contributed by atoms with Gasteiger partial charge in [-0.15, -0.1) is 0 Å². The van der Waals surface area contributed by atoms with E-state index in [1.54, 1.807) is 0 Å². The minimum atomic E-state index is -2.68. The Morgan fingerprint density at radius 3 is 2.05 bits per heavy atom. The highest BCUT2D eigenvalue weighted by atomic mass is 28.4. The van der Waals surface area contributed by atoms with Gasteiger partial charge < -0.3 is 23.5 Å². The second kappa shape index (κ2) is 8.67. The predicted octanol–water partition coefficient (Wildman–Crippen LogP) is 0.0576. The lowest BCUT2D eigenvalue weighted by atomic mass is 10.3. The topological polar surface area (TPSA) is 107 Å². The fraction of sp³-hybridized carbons (Fsp3) is 0.700. The number of ketones is 1. The van der Waals surface area contributed by atoms with Gasteiger partial charge in [0.2, 0.25) is 5.78 Å². The third kappa shape index (κ3) is 5.41. The first-order chi connectivity index (χ1) is 8.96. The van der Waals surface area contributed by atoms with Crippen molar-refractivity contribution in [1.82, 2.24) is 0 Å². The maximum atomic E-state index is 11.3. The van der Waals surface area contributed by atoms with Crippen molar-refractivity contribution < 1.29 is 32.4 Å². The molecule has 0 aromatic carbocycles. The van der Waals surface area contributed by atoms with Crippen LogP contribution in [0.25, 0.3) is 5.53 Å². The van der Waals surface area contributed by atoms with E-state index in [9.17, 15) is 9.59 Å². The highest BCUT2D eigenvalue weighted by molar-refractivity contribution is 6.62. The number of carbonyl (C=O) groups is 2. The quantitative estimate of drug-likeness (QED) is 0.113. The molecule has 0 aliphatic heterocycles. The summed E-state index contributed by atoms with van der Waals surface area (Å²) in [4.78, 5) is 24.8. The van der Waals surface area contributed by atoms with E-state index < -0.39 is 26.3 Å². The van der Waals surface area contributed by atoms with Crippen molar-refractivity contribution in [2.45, 2.75) is 19.4 Å². The molecule has 0 saturated heterocycles.